The fraction of sp³-hybridized carbons (Fsp3) is 0.289. The minimum absolute atomic E-state index is 0.00728. The number of carbonyl (C=O) groups is 1. The van der Waals surface area contributed by atoms with Gasteiger partial charge in [-0.1, -0.05) is 114 Å². The van der Waals surface area contributed by atoms with Crippen LogP contribution in [0.3, 0.4) is 0 Å². The van der Waals surface area contributed by atoms with Crippen molar-refractivity contribution >= 4 is 33.3 Å². The van der Waals surface area contributed by atoms with Gasteiger partial charge in [0.05, 0.1) is 16.5 Å². The van der Waals surface area contributed by atoms with Crippen molar-refractivity contribution in [2.24, 2.45) is 0 Å². The number of likely N-dealkylation sites (tertiary alicyclic amines) is 1. The number of hydrogen-bond donors (Lipinski definition) is 5. The lowest BCUT2D eigenvalue weighted by molar-refractivity contribution is 0.0593. The van der Waals surface area contributed by atoms with E-state index in [4.69, 9.17) is 4.74 Å². The molecule has 0 bridgehead atoms. The third-order valence-corrected chi connectivity index (χ3v) is 11.3. The fourth-order valence-electron chi connectivity index (χ4n) is 7.21. The average molecular weight is 757 g/mol. The van der Waals surface area contributed by atoms with Gasteiger partial charge in [0.1, 0.15) is 17.4 Å². The Balaban J connectivity index is 0.775. The maximum absolute atomic E-state index is 12.8. The van der Waals surface area contributed by atoms with E-state index in [1.54, 1.807) is 6.07 Å². The van der Waals surface area contributed by atoms with E-state index in [0.717, 1.165) is 86.3 Å². The largest absolute Gasteiger partial charge is 0.506 e. The lowest BCUT2D eigenvalue weighted by Gasteiger charge is -2.31. The summed E-state index contributed by atoms with van der Waals surface area (Å²) in [5.74, 6) is 0.00728. The Morgan fingerprint density at radius 2 is 1.42 bits per heavy atom. The number of aryl methyl sites for hydroxylation is 2. The highest BCUT2D eigenvalue weighted by atomic mass is 32.1. The van der Waals surface area contributed by atoms with Gasteiger partial charge in [-0.25, -0.2) is 4.79 Å². The van der Waals surface area contributed by atoms with E-state index >= 15 is 0 Å². The number of anilines is 1. The third kappa shape index (κ3) is 10.3. The molecule has 1 aliphatic heterocycles. The number of carbonyl (C=O) groups excluding carboxylic acids is 1. The first kappa shape index (κ1) is 38.0. The molecule has 9 nitrogen and oxygen atoms in total. The summed E-state index contributed by atoms with van der Waals surface area (Å²) < 4.78 is 6.41. The Morgan fingerprint density at radius 3 is 2.11 bits per heavy atom. The smallest absolute Gasteiger partial charge is 0.411 e. The molecule has 6 aromatic rings. The minimum atomic E-state index is -0.784. The lowest BCUT2D eigenvalue weighted by Crippen LogP contribution is -2.39. The molecule has 1 fully saturated rings. The summed E-state index contributed by atoms with van der Waals surface area (Å²) in [6, 6.07) is 38.8. The quantitative estimate of drug-likeness (QED) is 0.0676. The van der Waals surface area contributed by atoms with Crippen molar-refractivity contribution in [3.05, 3.63) is 153 Å². The van der Waals surface area contributed by atoms with Gasteiger partial charge in [0.2, 0.25) is 0 Å². The summed E-state index contributed by atoms with van der Waals surface area (Å²) in [5.41, 5.74) is 8.99. The Morgan fingerprint density at radius 1 is 0.800 bits per heavy atom. The Bertz CT molecular complexity index is 2210. The molecule has 0 aliphatic carbocycles. The molecule has 1 amide bonds. The number of nitrogens with one attached hydrogen (secondary N) is 3. The Labute approximate surface area is 325 Å². The van der Waals surface area contributed by atoms with Gasteiger partial charge in [-0.15, -0.1) is 0 Å². The number of phenolic OH excluding ortho intramolecular Hbond substituents is 1. The van der Waals surface area contributed by atoms with Gasteiger partial charge in [0.25, 0.3) is 0 Å². The zero-order chi connectivity index (χ0) is 38.0. The van der Waals surface area contributed by atoms with E-state index in [1.807, 2.05) is 54.6 Å². The van der Waals surface area contributed by atoms with Gasteiger partial charge in [-0.2, -0.15) is 0 Å². The first-order valence-corrected chi connectivity index (χ1v) is 19.9. The second kappa shape index (κ2) is 18.4. The molecule has 10 heteroatoms. The average Bonchev–Trinajstić information content (AvgIpc) is 3.62. The van der Waals surface area contributed by atoms with Crippen molar-refractivity contribution in [1.29, 1.82) is 0 Å². The monoisotopic (exact) mass is 756 g/mol. The predicted molar refractivity (Wildman–Crippen MR) is 221 cm³/mol. The van der Waals surface area contributed by atoms with Crippen LogP contribution in [0.15, 0.2) is 120 Å². The van der Waals surface area contributed by atoms with Gasteiger partial charge < -0.3 is 30.2 Å². The number of thiazole rings is 1. The number of nitrogens with zero attached hydrogens (tertiary/aromatic N) is 1. The van der Waals surface area contributed by atoms with E-state index in [2.05, 4.69) is 69.0 Å². The lowest BCUT2D eigenvalue weighted by atomic mass is 10.0. The summed E-state index contributed by atoms with van der Waals surface area (Å²) in [4.78, 5) is 29.4. The number of rotatable bonds is 15. The predicted octanol–water partition coefficient (Wildman–Crippen LogP) is 7.87. The van der Waals surface area contributed by atoms with Gasteiger partial charge in [-0.3, -0.25) is 10.1 Å². The number of aromatic hydroxyl groups is 1. The van der Waals surface area contributed by atoms with E-state index in [0.29, 0.717) is 28.9 Å². The molecule has 7 rings (SSSR count). The van der Waals surface area contributed by atoms with Crippen LogP contribution >= 0.6 is 11.3 Å². The van der Waals surface area contributed by atoms with E-state index in [1.165, 1.54) is 28.3 Å². The third-order valence-electron chi connectivity index (χ3n) is 10.4. The molecule has 284 valence electrons. The number of aromatic nitrogens is 1. The van der Waals surface area contributed by atoms with Crippen molar-refractivity contribution in [2.45, 2.75) is 50.7 Å². The van der Waals surface area contributed by atoms with Gasteiger partial charge in [0.15, 0.2) is 0 Å². The molecule has 55 heavy (non-hydrogen) atoms. The van der Waals surface area contributed by atoms with Crippen LogP contribution in [0.5, 0.6) is 5.75 Å². The van der Waals surface area contributed by atoms with Crippen molar-refractivity contribution < 1.29 is 19.7 Å². The van der Waals surface area contributed by atoms with Crippen LogP contribution < -0.4 is 15.5 Å². The molecule has 0 unspecified atom stereocenters. The standard InChI is InChI=1S/C45H48N4O5S/c50-40-21-20-38(43-42(40)48-45(53)55-43)41(51)30-46-26-22-33-16-12-31(13-17-33)10-11-32-14-18-34(19-15-32)23-27-49-28-24-36(25-29-49)54-44(52)47-39-9-5-4-8-37(39)35-6-2-1-3-7-35/h1-9,12-21,36,41,46,50-51H,10-11,22-30H2,(H,47,52)(H,48,53)/t41-/m0/s1. The highest BCUT2D eigenvalue weighted by molar-refractivity contribution is 7.16. The molecule has 0 radical (unpaired) electrons. The summed E-state index contributed by atoms with van der Waals surface area (Å²) in [7, 11) is 0. The van der Waals surface area contributed by atoms with Crippen LogP contribution in [-0.2, 0) is 30.4 Å². The summed E-state index contributed by atoms with van der Waals surface area (Å²) in [6.07, 6.45) is 4.20. The number of ether oxygens (including phenoxy) is 1. The molecule has 2 heterocycles. The van der Waals surface area contributed by atoms with Gasteiger partial charge >= 0.3 is 11.0 Å². The Kier molecular flexibility index (Phi) is 12.7. The second-order valence-electron chi connectivity index (χ2n) is 14.2. The van der Waals surface area contributed by atoms with Crippen molar-refractivity contribution in [2.75, 3.05) is 38.0 Å². The number of phenols is 1. The number of amides is 1. The highest BCUT2D eigenvalue weighted by Crippen LogP contribution is 2.31. The number of H-pyrrole nitrogens is 1. The van der Waals surface area contributed by atoms with Crippen molar-refractivity contribution in [1.82, 2.24) is 15.2 Å². The number of fused-ring (bicyclic) bond motifs is 1. The molecule has 5 aromatic carbocycles. The normalized spacial score (nSPS) is 14.2. The van der Waals surface area contributed by atoms with E-state index in [-0.39, 0.29) is 16.7 Å². The number of benzene rings is 5. The van der Waals surface area contributed by atoms with E-state index < -0.39 is 12.2 Å². The molecular weight excluding hydrogens is 709 g/mol. The van der Waals surface area contributed by atoms with Crippen molar-refractivity contribution in [3.63, 3.8) is 0 Å². The van der Waals surface area contributed by atoms with Crippen LogP contribution in [0.2, 0.25) is 0 Å². The molecule has 5 N–H and O–H groups in total. The maximum atomic E-state index is 12.8. The fourth-order valence-corrected chi connectivity index (χ4v) is 8.13. The van der Waals surface area contributed by atoms with E-state index in [9.17, 15) is 19.8 Å². The summed E-state index contributed by atoms with van der Waals surface area (Å²) in [6.45, 7) is 3.89. The maximum Gasteiger partial charge on any atom is 0.411 e. The molecule has 0 saturated carbocycles. The van der Waals surface area contributed by atoms with Gasteiger partial charge in [0, 0.05) is 37.3 Å². The summed E-state index contributed by atoms with van der Waals surface area (Å²) >= 11 is 0.997. The van der Waals surface area contributed by atoms with Crippen LogP contribution in [0, 0.1) is 0 Å². The molecule has 1 aliphatic rings. The summed E-state index contributed by atoms with van der Waals surface area (Å²) in [5, 5.41) is 27.0. The van der Waals surface area contributed by atoms with Crippen LogP contribution in [0.1, 0.15) is 46.8 Å². The number of aliphatic hydroxyl groups excluding tert-OH is 1. The number of hydrogen-bond acceptors (Lipinski definition) is 8. The number of aromatic amines is 1. The SMILES string of the molecule is O=C(Nc1ccccc1-c1ccccc1)OC1CCN(CCc2ccc(CCc3ccc(CCNC[C@H](O)c4ccc(O)c5[nH]c(=O)sc45)cc3)cc2)CC1. The topological polar surface area (TPSA) is 127 Å². The van der Waals surface area contributed by atoms with Crippen molar-refractivity contribution in [3.8, 4) is 16.9 Å². The molecule has 1 saturated heterocycles. The molecule has 1 atom stereocenters. The van der Waals surface area contributed by atoms with Gasteiger partial charge in [-0.05, 0) is 85.0 Å². The number of para-hydroxylation sites is 1. The van der Waals surface area contributed by atoms with Crippen LogP contribution in [0.25, 0.3) is 21.3 Å². The number of aliphatic hydroxyl groups is 1. The Hall–Kier alpha value is -5.26. The minimum Gasteiger partial charge on any atom is -0.506 e. The first-order valence-electron chi connectivity index (χ1n) is 19.1. The molecular formula is C45H48N4O5S. The second-order valence-corrected chi connectivity index (χ2v) is 15.2. The zero-order valence-corrected chi connectivity index (χ0v) is 31.7. The zero-order valence-electron chi connectivity index (χ0n) is 30.9. The van der Waals surface area contributed by atoms with Crippen LogP contribution in [0.4, 0.5) is 10.5 Å². The number of piperidine rings is 1. The highest BCUT2D eigenvalue weighted by Gasteiger charge is 2.23. The first-order chi connectivity index (χ1) is 26.9. The van der Waals surface area contributed by atoms with Crippen LogP contribution in [-0.4, -0.2) is 65.0 Å². The molecule has 1 aromatic heterocycles. The molecule has 0 spiro atoms.